The van der Waals surface area contributed by atoms with Crippen LogP contribution in [0.1, 0.15) is 6.92 Å². The van der Waals surface area contributed by atoms with Crippen LogP contribution in [0.3, 0.4) is 0 Å². The third-order valence-corrected chi connectivity index (χ3v) is 6.60. The van der Waals surface area contributed by atoms with Gasteiger partial charge in [0.25, 0.3) is 5.56 Å². The number of amides is 1. The Morgan fingerprint density at radius 2 is 1.91 bits per heavy atom. The van der Waals surface area contributed by atoms with Crippen molar-refractivity contribution in [3.63, 3.8) is 0 Å². The van der Waals surface area contributed by atoms with E-state index in [1.807, 2.05) is 49.4 Å². The second-order valence-corrected chi connectivity index (χ2v) is 8.81. The summed E-state index contributed by atoms with van der Waals surface area (Å²) in [6.07, 6.45) is 0. The number of hydrogen-bond acceptors (Lipinski definition) is 5. The minimum Gasteiger partial charge on any atom is -0.383 e. The number of benzene rings is 3. The lowest BCUT2D eigenvalue weighted by Crippen LogP contribution is -2.33. The third-order valence-electron chi connectivity index (χ3n) is 5.40. The number of methoxy groups -OCH3 is 1. The first kappa shape index (κ1) is 23.3. The van der Waals surface area contributed by atoms with E-state index in [1.54, 1.807) is 34.8 Å². The zero-order chi connectivity index (χ0) is 23.4. The van der Waals surface area contributed by atoms with Gasteiger partial charge in [0.15, 0.2) is 5.16 Å². The number of carbonyl (C=O) groups is 1. The number of rotatable bonds is 8. The van der Waals surface area contributed by atoms with Gasteiger partial charge in [0.2, 0.25) is 5.91 Å². The summed E-state index contributed by atoms with van der Waals surface area (Å²) < 4.78 is 6.74. The van der Waals surface area contributed by atoms with Crippen LogP contribution in [0.2, 0.25) is 5.02 Å². The molecule has 0 bridgehead atoms. The van der Waals surface area contributed by atoms with Gasteiger partial charge in [-0.3, -0.25) is 14.2 Å². The van der Waals surface area contributed by atoms with Gasteiger partial charge in [-0.15, -0.1) is 0 Å². The van der Waals surface area contributed by atoms with Crippen molar-refractivity contribution in [1.82, 2.24) is 9.55 Å². The first-order valence-electron chi connectivity index (χ1n) is 10.6. The Labute approximate surface area is 201 Å². The Kier molecular flexibility index (Phi) is 7.33. The molecule has 3 aromatic carbocycles. The molecule has 1 heterocycles. The molecule has 0 saturated carbocycles. The minimum absolute atomic E-state index is 0.0578. The Morgan fingerprint density at radius 3 is 2.70 bits per heavy atom. The number of fused-ring (bicyclic) bond motifs is 2. The molecule has 0 fully saturated rings. The van der Waals surface area contributed by atoms with Crippen LogP contribution in [0.15, 0.2) is 70.6 Å². The van der Waals surface area contributed by atoms with Crippen LogP contribution < -0.4 is 10.5 Å². The molecule has 0 N–H and O–H groups in total. The molecule has 0 radical (unpaired) electrons. The molecule has 8 heteroatoms. The Hall–Kier alpha value is -2.87. The van der Waals surface area contributed by atoms with Crippen molar-refractivity contribution in [1.29, 1.82) is 0 Å². The van der Waals surface area contributed by atoms with Gasteiger partial charge in [-0.1, -0.05) is 59.8 Å². The lowest BCUT2D eigenvalue weighted by Gasteiger charge is -2.23. The van der Waals surface area contributed by atoms with E-state index < -0.39 is 0 Å². The van der Waals surface area contributed by atoms with E-state index in [-0.39, 0.29) is 17.2 Å². The van der Waals surface area contributed by atoms with Crippen molar-refractivity contribution in [3.8, 4) is 0 Å². The van der Waals surface area contributed by atoms with E-state index in [0.29, 0.717) is 40.8 Å². The maximum absolute atomic E-state index is 13.3. The molecule has 6 nitrogen and oxygen atoms in total. The monoisotopic (exact) mass is 481 g/mol. The number of aromatic nitrogens is 2. The van der Waals surface area contributed by atoms with Crippen molar-refractivity contribution in [2.75, 3.05) is 30.9 Å². The molecule has 170 valence electrons. The van der Waals surface area contributed by atoms with Crippen LogP contribution in [-0.2, 0) is 16.1 Å². The smallest absolute Gasteiger partial charge is 0.262 e. The summed E-state index contributed by atoms with van der Waals surface area (Å²) in [5.41, 5.74) is 1.21. The summed E-state index contributed by atoms with van der Waals surface area (Å²) in [7, 11) is 1.58. The number of thioether (sulfide) groups is 1. The second kappa shape index (κ2) is 10.4. The molecule has 0 aliphatic heterocycles. The fourth-order valence-electron chi connectivity index (χ4n) is 3.79. The van der Waals surface area contributed by atoms with Crippen LogP contribution >= 0.6 is 23.4 Å². The molecule has 1 amide bonds. The fourth-order valence-corrected chi connectivity index (χ4v) is 4.86. The molecular weight excluding hydrogens is 458 g/mol. The highest BCUT2D eigenvalue weighted by Crippen LogP contribution is 2.28. The summed E-state index contributed by atoms with van der Waals surface area (Å²) in [4.78, 5) is 32.8. The normalized spacial score (nSPS) is 11.2. The summed E-state index contributed by atoms with van der Waals surface area (Å²) in [6, 6.07) is 19.0. The van der Waals surface area contributed by atoms with Gasteiger partial charge < -0.3 is 9.64 Å². The number of halogens is 1. The molecule has 0 saturated heterocycles. The maximum atomic E-state index is 13.3. The van der Waals surface area contributed by atoms with E-state index in [4.69, 9.17) is 16.3 Å². The van der Waals surface area contributed by atoms with E-state index in [2.05, 4.69) is 4.98 Å². The standard InChI is InChI=1S/C25H24ClN3O3S/c1-3-28(22-10-6-8-17-7-4-5-9-19(17)22)23(30)16-33-25-27-21-15-18(26)11-12-20(21)24(31)29(25)13-14-32-2/h4-12,15H,3,13-14,16H2,1-2H3. The van der Waals surface area contributed by atoms with Crippen LogP contribution in [0.25, 0.3) is 21.7 Å². The molecule has 4 rings (SSSR count). The molecule has 0 unspecified atom stereocenters. The first-order valence-corrected chi connectivity index (χ1v) is 12.0. The summed E-state index contributed by atoms with van der Waals surface area (Å²) in [5, 5.41) is 3.56. The highest BCUT2D eigenvalue weighted by Gasteiger charge is 2.19. The van der Waals surface area contributed by atoms with Crippen LogP contribution in [-0.4, -0.2) is 41.5 Å². The van der Waals surface area contributed by atoms with Crippen LogP contribution in [0.4, 0.5) is 5.69 Å². The summed E-state index contributed by atoms with van der Waals surface area (Å²) in [6.45, 7) is 3.19. The van der Waals surface area contributed by atoms with E-state index in [0.717, 1.165) is 16.5 Å². The number of anilines is 1. The topological polar surface area (TPSA) is 64.4 Å². The molecule has 1 aromatic heterocycles. The maximum Gasteiger partial charge on any atom is 0.262 e. The predicted octanol–water partition coefficient (Wildman–Crippen LogP) is 4.99. The Bertz CT molecular complexity index is 1370. The molecule has 4 aromatic rings. The molecule has 0 spiro atoms. The molecular formula is C25H24ClN3O3S. The van der Waals surface area contributed by atoms with Gasteiger partial charge in [-0.2, -0.15) is 0 Å². The van der Waals surface area contributed by atoms with Gasteiger partial charge in [0, 0.05) is 24.1 Å². The number of ether oxygens (including phenoxy) is 1. The molecule has 0 atom stereocenters. The summed E-state index contributed by atoms with van der Waals surface area (Å²) in [5.74, 6) is 0.0836. The van der Waals surface area contributed by atoms with Gasteiger partial charge in [0.1, 0.15) is 0 Å². The fraction of sp³-hybridized carbons (Fsp3) is 0.240. The lowest BCUT2D eigenvalue weighted by atomic mass is 10.1. The number of hydrogen-bond donors (Lipinski definition) is 0. The SMILES string of the molecule is CCN(C(=O)CSc1nc2cc(Cl)ccc2c(=O)n1CCOC)c1cccc2ccccc12. The minimum atomic E-state index is -0.176. The van der Waals surface area contributed by atoms with E-state index in [9.17, 15) is 9.59 Å². The highest BCUT2D eigenvalue weighted by molar-refractivity contribution is 7.99. The Morgan fingerprint density at radius 1 is 1.12 bits per heavy atom. The van der Waals surface area contributed by atoms with Crippen LogP contribution in [0.5, 0.6) is 0 Å². The zero-order valence-electron chi connectivity index (χ0n) is 18.5. The van der Waals surface area contributed by atoms with Crippen molar-refractivity contribution < 1.29 is 9.53 Å². The van der Waals surface area contributed by atoms with Crippen molar-refractivity contribution in [2.45, 2.75) is 18.6 Å². The van der Waals surface area contributed by atoms with Gasteiger partial charge in [-0.25, -0.2) is 4.98 Å². The van der Waals surface area contributed by atoms with E-state index >= 15 is 0 Å². The first-order chi connectivity index (χ1) is 16.0. The van der Waals surface area contributed by atoms with Crippen molar-refractivity contribution in [2.24, 2.45) is 0 Å². The van der Waals surface area contributed by atoms with Gasteiger partial charge in [-0.05, 0) is 36.6 Å². The average molecular weight is 482 g/mol. The highest BCUT2D eigenvalue weighted by atomic mass is 35.5. The quantitative estimate of drug-likeness (QED) is 0.262. The van der Waals surface area contributed by atoms with E-state index in [1.165, 1.54) is 11.8 Å². The van der Waals surface area contributed by atoms with Gasteiger partial charge >= 0.3 is 0 Å². The molecule has 33 heavy (non-hydrogen) atoms. The lowest BCUT2D eigenvalue weighted by molar-refractivity contribution is -0.116. The largest absolute Gasteiger partial charge is 0.383 e. The zero-order valence-corrected chi connectivity index (χ0v) is 20.0. The number of nitrogens with zero attached hydrogens (tertiary/aromatic N) is 3. The Balaban J connectivity index is 1.65. The van der Waals surface area contributed by atoms with Crippen LogP contribution in [0, 0.1) is 0 Å². The average Bonchev–Trinajstić information content (AvgIpc) is 2.82. The third kappa shape index (κ3) is 4.90. The second-order valence-electron chi connectivity index (χ2n) is 7.43. The van der Waals surface area contributed by atoms with Gasteiger partial charge in [0.05, 0.1) is 35.5 Å². The predicted molar refractivity (Wildman–Crippen MR) is 136 cm³/mol. The van der Waals surface area contributed by atoms with Crippen molar-refractivity contribution in [3.05, 3.63) is 76.0 Å². The van der Waals surface area contributed by atoms with Crippen molar-refractivity contribution >= 4 is 56.6 Å². The molecule has 0 aliphatic carbocycles. The summed E-state index contributed by atoms with van der Waals surface area (Å²) >= 11 is 7.36. The number of carbonyl (C=O) groups excluding carboxylic acids is 1. The molecule has 0 aliphatic rings.